The van der Waals surface area contributed by atoms with E-state index in [1.165, 1.54) is 7.11 Å². The summed E-state index contributed by atoms with van der Waals surface area (Å²) in [5, 5.41) is 17.9. The molecule has 0 spiro atoms. The predicted octanol–water partition coefficient (Wildman–Crippen LogP) is 1.35. The van der Waals surface area contributed by atoms with Gasteiger partial charge in [0.1, 0.15) is 0 Å². The average Bonchev–Trinajstić information content (AvgIpc) is 2.71. The second-order valence-electron chi connectivity index (χ2n) is 4.98. The number of carbonyl (C=O) groups is 1. The van der Waals surface area contributed by atoms with Crippen molar-refractivity contribution in [2.45, 2.75) is 52.2 Å². The zero-order valence-electron chi connectivity index (χ0n) is 11.6. The van der Waals surface area contributed by atoms with Gasteiger partial charge in [0.05, 0.1) is 24.9 Å². The van der Waals surface area contributed by atoms with Gasteiger partial charge in [-0.2, -0.15) is 0 Å². The molecule has 0 bridgehead atoms. The van der Waals surface area contributed by atoms with Gasteiger partial charge in [0.25, 0.3) is 0 Å². The highest BCUT2D eigenvalue weighted by molar-refractivity contribution is 5.88. The van der Waals surface area contributed by atoms with E-state index in [1.807, 2.05) is 20.8 Å². The van der Waals surface area contributed by atoms with Crippen molar-refractivity contribution in [3.8, 4) is 0 Å². The summed E-state index contributed by atoms with van der Waals surface area (Å²) in [6, 6.07) is 0. The van der Waals surface area contributed by atoms with E-state index in [-0.39, 0.29) is 11.6 Å². The number of aliphatic hydroxyl groups is 1. The normalized spacial score (nSPS) is 14.6. The van der Waals surface area contributed by atoms with Crippen LogP contribution in [-0.4, -0.2) is 38.8 Å². The molecule has 1 N–H and O–H groups in total. The lowest BCUT2D eigenvalue weighted by molar-refractivity contribution is 0.0328. The number of methoxy groups -OCH3 is 1. The first kappa shape index (κ1) is 14.6. The van der Waals surface area contributed by atoms with Crippen LogP contribution in [-0.2, 0) is 11.3 Å². The highest BCUT2D eigenvalue weighted by atomic mass is 16.5. The Morgan fingerprint density at radius 3 is 2.61 bits per heavy atom. The maximum Gasteiger partial charge on any atom is 0.360 e. The van der Waals surface area contributed by atoms with Crippen LogP contribution in [0.5, 0.6) is 0 Å². The molecule has 1 unspecified atom stereocenters. The number of esters is 1. The Balaban J connectivity index is 3.14. The molecule has 0 amide bonds. The molecule has 0 aliphatic carbocycles. The summed E-state index contributed by atoms with van der Waals surface area (Å²) in [7, 11) is 1.31. The first-order chi connectivity index (χ1) is 8.32. The molecule has 6 heteroatoms. The van der Waals surface area contributed by atoms with Crippen LogP contribution in [0.15, 0.2) is 0 Å². The van der Waals surface area contributed by atoms with Crippen molar-refractivity contribution in [3.63, 3.8) is 0 Å². The fraction of sp³-hybridized carbons (Fsp3) is 0.750. The van der Waals surface area contributed by atoms with Crippen LogP contribution in [0.3, 0.4) is 0 Å². The molecule has 1 aromatic heterocycles. The van der Waals surface area contributed by atoms with Crippen LogP contribution in [0.4, 0.5) is 0 Å². The highest BCUT2D eigenvalue weighted by Gasteiger charge is 2.26. The first-order valence-corrected chi connectivity index (χ1v) is 6.06. The molecule has 18 heavy (non-hydrogen) atoms. The van der Waals surface area contributed by atoms with Crippen molar-refractivity contribution in [1.82, 2.24) is 15.0 Å². The average molecular weight is 255 g/mol. The summed E-state index contributed by atoms with van der Waals surface area (Å²) in [5.41, 5.74) is 0.0417. The van der Waals surface area contributed by atoms with Gasteiger partial charge in [-0.1, -0.05) is 26.0 Å². The van der Waals surface area contributed by atoms with E-state index >= 15 is 0 Å². The molecule has 1 heterocycles. The molecule has 0 saturated carbocycles. The summed E-state index contributed by atoms with van der Waals surface area (Å²) >= 11 is 0. The predicted molar refractivity (Wildman–Crippen MR) is 66.4 cm³/mol. The van der Waals surface area contributed by atoms with E-state index in [0.717, 1.165) is 0 Å². The van der Waals surface area contributed by atoms with E-state index in [0.29, 0.717) is 18.7 Å². The van der Waals surface area contributed by atoms with Gasteiger partial charge in [0.2, 0.25) is 0 Å². The molecular formula is C12H21N3O3. The Bertz CT molecular complexity index is 424. The van der Waals surface area contributed by atoms with Crippen LogP contribution < -0.4 is 0 Å². The van der Waals surface area contributed by atoms with Gasteiger partial charge >= 0.3 is 5.97 Å². The minimum Gasteiger partial charge on any atom is -0.464 e. The highest BCUT2D eigenvalue weighted by Crippen LogP contribution is 2.21. The monoisotopic (exact) mass is 255 g/mol. The second-order valence-corrected chi connectivity index (χ2v) is 4.98. The summed E-state index contributed by atoms with van der Waals surface area (Å²) in [5.74, 6) is -0.428. The Morgan fingerprint density at radius 1 is 1.56 bits per heavy atom. The molecule has 1 aromatic rings. The molecular weight excluding hydrogens is 234 g/mol. The van der Waals surface area contributed by atoms with E-state index in [1.54, 1.807) is 11.6 Å². The van der Waals surface area contributed by atoms with Crippen LogP contribution in [0, 0.1) is 0 Å². The fourth-order valence-corrected chi connectivity index (χ4v) is 1.69. The Labute approximate surface area is 107 Å². The quantitative estimate of drug-likeness (QED) is 0.804. The molecule has 0 saturated heterocycles. The smallest absolute Gasteiger partial charge is 0.360 e. The van der Waals surface area contributed by atoms with E-state index < -0.39 is 11.6 Å². The standard InChI is InChI=1S/C12H21N3O3/c1-6-12(4,17)7-15-10(8(2)3)9(13-14-15)11(16)18-5/h8,17H,6-7H2,1-5H3. The zero-order chi connectivity index (χ0) is 13.9. The van der Waals surface area contributed by atoms with Crippen LogP contribution >= 0.6 is 0 Å². The van der Waals surface area contributed by atoms with Gasteiger partial charge in [-0.3, -0.25) is 0 Å². The van der Waals surface area contributed by atoms with E-state index in [2.05, 4.69) is 15.0 Å². The number of rotatable bonds is 5. The lowest BCUT2D eigenvalue weighted by atomic mass is 10.0. The third kappa shape index (κ3) is 3.07. The Kier molecular flexibility index (Phi) is 4.45. The molecule has 1 atom stereocenters. The van der Waals surface area contributed by atoms with Gasteiger partial charge < -0.3 is 9.84 Å². The summed E-state index contributed by atoms with van der Waals surface area (Å²) in [6.07, 6.45) is 0.595. The third-order valence-electron chi connectivity index (χ3n) is 2.95. The molecule has 1 rings (SSSR count). The van der Waals surface area contributed by atoms with E-state index in [4.69, 9.17) is 0 Å². The summed E-state index contributed by atoms with van der Waals surface area (Å²) in [6.45, 7) is 7.83. The van der Waals surface area contributed by atoms with Crippen molar-refractivity contribution in [2.75, 3.05) is 7.11 Å². The maximum absolute atomic E-state index is 11.6. The Hall–Kier alpha value is -1.43. The van der Waals surface area contributed by atoms with Gasteiger partial charge in [0.15, 0.2) is 5.69 Å². The SMILES string of the molecule is CCC(C)(O)Cn1nnc(C(=O)OC)c1C(C)C. The van der Waals surface area contributed by atoms with Crippen LogP contribution in [0.1, 0.15) is 56.2 Å². The molecule has 6 nitrogen and oxygen atoms in total. The molecule has 0 aromatic carbocycles. The van der Waals surface area contributed by atoms with Crippen LogP contribution in [0.25, 0.3) is 0 Å². The minimum absolute atomic E-state index is 0.0711. The molecule has 0 aliphatic rings. The van der Waals surface area contributed by atoms with Crippen molar-refractivity contribution in [1.29, 1.82) is 0 Å². The number of carbonyl (C=O) groups excluding carboxylic acids is 1. The summed E-state index contributed by atoms with van der Waals surface area (Å²) < 4.78 is 6.26. The van der Waals surface area contributed by atoms with Gasteiger partial charge in [-0.25, -0.2) is 9.48 Å². The molecule has 0 radical (unpaired) electrons. The zero-order valence-corrected chi connectivity index (χ0v) is 11.6. The van der Waals surface area contributed by atoms with Crippen molar-refractivity contribution >= 4 is 5.97 Å². The topological polar surface area (TPSA) is 77.2 Å². The Morgan fingerprint density at radius 2 is 2.17 bits per heavy atom. The first-order valence-electron chi connectivity index (χ1n) is 6.06. The number of aromatic nitrogens is 3. The minimum atomic E-state index is -0.870. The largest absolute Gasteiger partial charge is 0.464 e. The van der Waals surface area contributed by atoms with Crippen molar-refractivity contribution in [2.24, 2.45) is 0 Å². The van der Waals surface area contributed by atoms with Crippen molar-refractivity contribution in [3.05, 3.63) is 11.4 Å². The third-order valence-corrected chi connectivity index (χ3v) is 2.95. The number of nitrogens with zero attached hydrogens (tertiary/aromatic N) is 3. The van der Waals surface area contributed by atoms with Gasteiger partial charge in [-0.05, 0) is 19.3 Å². The number of hydrogen-bond donors (Lipinski definition) is 1. The molecule has 0 aliphatic heterocycles. The van der Waals surface area contributed by atoms with Crippen molar-refractivity contribution < 1.29 is 14.6 Å². The fourth-order valence-electron chi connectivity index (χ4n) is 1.69. The molecule has 102 valence electrons. The van der Waals surface area contributed by atoms with Gasteiger partial charge in [0, 0.05) is 0 Å². The number of ether oxygens (including phenoxy) is 1. The molecule has 0 fully saturated rings. The lowest BCUT2D eigenvalue weighted by Gasteiger charge is -2.22. The van der Waals surface area contributed by atoms with E-state index in [9.17, 15) is 9.90 Å². The number of hydrogen-bond acceptors (Lipinski definition) is 5. The summed E-state index contributed by atoms with van der Waals surface area (Å²) in [4.78, 5) is 11.6. The van der Waals surface area contributed by atoms with Crippen LogP contribution in [0.2, 0.25) is 0 Å². The second kappa shape index (κ2) is 5.48. The lowest BCUT2D eigenvalue weighted by Crippen LogP contribution is -2.31. The van der Waals surface area contributed by atoms with Gasteiger partial charge in [-0.15, -0.1) is 5.10 Å². The maximum atomic E-state index is 11.6.